The van der Waals surface area contributed by atoms with E-state index in [1.165, 1.54) is 17.5 Å². The van der Waals surface area contributed by atoms with E-state index in [1.54, 1.807) is 0 Å². The molecular formula is C17H18O. The molecule has 0 saturated carbocycles. The van der Waals surface area contributed by atoms with Gasteiger partial charge in [-0.3, -0.25) is 0 Å². The highest BCUT2D eigenvalue weighted by molar-refractivity contribution is 5.39. The average molecular weight is 238 g/mol. The fourth-order valence-electron chi connectivity index (χ4n) is 2.77. The Kier molecular flexibility index (Phi) is 3.06. The SMILES string of the molecule is CCC1CC(c2ccccc2)Oc2ccccc21. The van der Waals surface area contributed by atoms with Crippen LogP contribution in [-0.2, 0) is 0 Å². The van der Waals surface area contributed by atoms with Crippen molar-refractivity contribution in [3.8, 4) is 5.75 Å². The van der Waals surface area contributed by atoms with E-state index in [4.69, 9.17) is 4.74 Å². The van der Waals surface area contributed by atoms with E-state index in [0.717, 1.165) is 12.2 Å². The number of para-hydroxylation sites is 1. The Hall–Kier alpha value is -1.76. The van der Waals surface area contributed by atoms with Crippen molar-refractivity contribution in [1.82, 2.24) is 0 Å². The lowest BCUT2D eigenvalue weighted by Crippen LogP contribution is -2.18. The minimum atomic E-state index is 0.200. The third-order valence-electron chi connectivity index (χ3n) is 3.79. The van der Waals surface area contributed by atoms with Gasteiger partial charge in [-0.05, 0) is 36.0 Å². The van der Waals surface area contributed by atoms with Crippen LogP contribution in [0.1, 0.15) is 42.9 Å². The van der Waals surface area contributed by atoms with Crippen LogP contribution in [-0.4, -0.2) is 0 Å². The standard InChI is InChI=1S/C17H18O/c1-2-13-12-17(14-8-4-3-5-9-14)18-16-11-7-6-10-15(13)16/h3-11,13,17H,2,12H2,1H3. The Balaban J connectivity index is 1.95. The van der Waals surface area contributed by atoms with Crippen molar-refractivity contribution in [1.29, 1.82) is 0 Å². The second-order valence-electron chi connectivity index (χ2n) is 4.90. The molecule has 2 aromatic carbocycles. The molecule has 0 aromatic heterocycles. The van der Waals surface area contributed by atoms with Gasteiger partial charge in [0.2, 0.25) is 0 Å². The molecule has 1 nitrogen and oxygen atoms in total. The first-order valence-corrected chi connectivity index (χ1v) is 6.69. The van der Waals surface area contributed by atoms with Gasteiger partial charge in [0, 0.05) is 0 Å². The molecule has 0 saturated heterocycles. The number of ether oxygens (including phenoxy) is 1. The Labute approximate surface area is 108 Å². The lowest BCUT2D eigenvalue weighted by Gasteiger charge is -2.32. The summed E-state index contributed by atoms with van der Waals surface area (Å²) < 4.78 is 6.15. The highest BCUT2D eigenvalue weighted by Gasteiger charge is 2.27. The van der Waals surface area contributed by atoms with Crippen molar-refractivity contribution in [3.05, 3.63) is 65.7 Å². The summed E-state index contributed by atoms with van der Waals surface area (Å²) in [6, 6.07) is 19.0. The summed E-state index contributed by atoms with van der Waals surface area (Å²) in [5.74, 6) is 1.67. The van der Waals surface area contributed by atoms with Crippen LogP contribution in [0.2, 0.25) is 0 Å². The average Bonchev–Trinajstić information content (AvgIpc) is 2.47. The van der Waals surface area contributed by atoms with E-state index in [9.17, 15) is 0 Å². The molecule has 92 valence electrons. The zero-order chi connectivity index (χ0) is 12.4. The molecule has 0 bridgehead atoms. The van der Waals surface area contributed by atoms with Crippen LogP contribution in [0.3, 0.4) is 0 Å². The van der Waals surface area contributed by atoms with E-state index < -0.39 is 0 Å². The van der Waals surface area contributed by atoms with Crippen LogP contribution in [0, 0.1) is 0 Å². The molecule has 0 radical (unpaired) electrons. The predicted octanol–water partition coefficient (Wildman–Crippen LogP) is 4.70. The maximum atomic E-state index is 6.15. The molecule has 0 fully saturated rings. The largest absolute Gasteiger partial charge is 0.485 e. The molecule has 1 heterocycles. The highest BCUT2D eigenvalue weighted by atomic mass is 16.5. The molecule has 2 atom stereocenters. The molecule has 18 heavy (non-hydrogen) atoms. The monoisotopic (exact) mass is 238 g/mol. The molecular weight excluding hydrogens is 220 g/mol. The van der Waals surface area contributed by atoms with Crippen molar-refractivity contribution in [2.45, 2.75) is 31.8 Å². The normalized spacial score (nSPS) is 22.1. The summed E-state index contributed by atoms with van der Waals surface area (Å²) in [6.45, 7) is 2.26. The van der Waals surface area contributed by atoms with Crippen molar-refractivity contribution < 1.29 is 4.74 Å². The van der Waals surface area contributed by atoms with E-state index in [1.807, 2.05) is 0 Å². The lowest BCUT2D eigenvalue weighted by atomic mass is 9.86. The van der Waals surface area contributed by atoms with Crippen molar-refractivity contribution in [2.75, 3.05) is 0 Å². The number of benzene rings is 2. The van der Waals surface area contributed by atoms with Crippen LogP contribution >= 0.6 is 0 Å². The molecule has 1 heteroatoms. The molecule has 2 aromatic rings. The topological polar surface area (TPSA) is 9.23 Å². The number of fused-ring (bicyclic) bond motifs is 1. The second-order valence-corrected chi connectivity index (χ2v) is 4.90. The van der Waals surface area contributed by atoms with Crippen molar-refractivity contribution in [2.24, 2.45) is 0 Å². The predicted molar refractivity (Wildman–Crippen MR) is 73.9 cm³/mol. The van der Waals surface area contributed by atoms with Crippen LogP contribution < -0.4 is 4.74 Å². The number of hydrogen-bond donors (Lipinski definition) is 0. The zero-order valence-corrected chi connectivity index (χ0v) is 10.7. The van der Waals surface area contributed by atoms with Gasteiger partial charge in [-0.2, -0.15) is 0 Å². The van der Waals surface area contributed by atoms with Gasteiger partial charge in [-0.15, -0.1) is 0 Å². The van der Waals surface area contributed by atoms with Crippen molar-refractivity contribution >= 4 is 0 Å². The fraction of sp³-hybridized carbons (Fsp3) is 0.294. The first kappa shape index (κ1) is 11.3. The summed E-state index contributed by atoms with van der Waals surface area (Å²) in [6.07, 6.45) is 2.45. The summed E-state index contributed by atoms with van der Waals surface area (Å²) in [7, 11) is 0. The van der Waals surface area contributed by atoms with Gasteiger partial charge in [-0.1, -0.05) is 55.5 Å². The van der Waals surface area contributed by atoms with Gasteiger partial charge < -0.3 is 4.74 Å². The van der Waals surface area contributed by atoms with Gasteiger partial charge in [0.05, 0.1) is 0 Å². The molecule has 2 unspecified atom stereocenters. The third kappa shape index (κ3) is 2.01. The van der Waals surface area contributed by atoms with E-state index >= 15 is 0 Å². The van der Waals surface area contributed by atoms with Crippen LogP contribution in [0.15, 0.2) is 54.6 Å². The van der Waals surface area contributed by atoms with E-state index in [-0.39, 0.29) is 6.10 Å². The van der Waals surface area contributed by atoms with Gasteiger partial charge in [0.25, 0.3) is 0 Å². The maximum Gasteiger partial charge on any atom is 0.124 e. The minimum Gasteiger partial charge on any atom is -0.485 e. The van der Waals surface area contributed by atoms with Gasteiger partial charge in [-0.25, -0.2) is 0 Å². The van der Waals surface area contributed by atoms with Gasteiger partial charge >= 0.3 is 0 Å². The smallest absolute Gasteiger partial charge is 0.124 e. The first-order valence-electron chi connectivity index (χ1n) is 6.69. The Morgan fingerprint density at radius 1 is 1.00 bits per heavy atom. The van der Waals surface area contributed by atoms with E-state index in [0.29, 0.717) is 5.92 Å². The molecule has 0 N–H and O–H groups in total. The molecule has 3 rings (SSSR count). The first-order chi connectivity index (χ1) is 8.88. The lowest BCUT2D eigenvalue weighted by molar-refractivity contribution is 0.159. The number of rotatable bonds is 2. The number of hydrogen-bond acceptors (Lipinski definition) is 1. The van der Waals surface area contributed by atoms with Gasteiger partial charge in [0.1, 0.15) is 11.9 Å². The second kappa shape index (κ2) is 4.85. The Morgan fingerprint density at radius 2 is 1.72 bits per heavy atom. The quantitative estimate of drug-likeness (QED) is 0.736. The van der Waals surface area contributed by atoms with Gasteiger partial charge in [0.15, 0.2) is 0 Å². The summed E-state index contributed by atoms with van der Waals surface area (Å²) in [4.78, 5) is 0. The minimum absolute atomic E-state index is 0.200. The summed E-state index contributed by atoms with van der Waals surface area (Å²) in [5.41, 5.74) is 2.65. The molecule has 1 aliphatic heterocycles. The molecule has 0 aliphatic carbocycles. The molecule has 1 aliphatic rings. The Morgan fingerprint density at radius 3 is 2.50 bits per heavy atom. The highest BCUT2D eigenvalue weighted by Crippen LogP contribution is 2.43. The van der Waals surface area contributed by atoms with Crippen LogP contribution in [0.25, 0.3) is 0 Å². The van der Waals surface area contributed by atoms with E-state index in [2.05, 4.69) is 61.5 Å². The fourth-order valence-corrected chi connectivity index (χ4v) is 2.77. The molecule has 0 spiro atoms. The van der Waals surface area contributed by atoms with Crippen LogP contribution in [0.5, 0.6) is 5.75 Å². The summed E-state index contributed by atoms with van der Waals surface area (Å²) >= 11 is 0. The third-order valence-corrected chi connectivity index (χ3v) is 3.79. The zero-order valence-electron chi connectivity index (χ0n) is 10.7. The maximum absolute atomic E-state index is 6.15. The molecule has 0 amide bonds. The summed E-state index contributed by atoms with van der Waals surface area (Å²) in [5, 5.41) is 0. The van der Waals surface area contributed by atoms with Crippen LogP contribution in [0.4, 0.5) is 0 Å². The van der Waals surface area contributed by atoms with Crippen molar-refractivity contribution in [3.63, 3.8) is 0 Å². The Bertz CT molecular complexity index is 518.